The maximum Gasteiger partial charge on any atom is 0.285 e. The molecule has 0 bridgehead atoms. The Hall–Kier alpha value is -4.04. The summed E-state index contributed by atoms with van der Waals surface area (Å²) in [6, 6.07) is 6.37. The summed E-state index contributed by atoms with van der Waals surface area (Å²) in [5.41, 5.74) is 3.06. The molecule has 0 spiro atoms. The predicted octanol–water partition coefficient (Wildman–Crippen LogP) is 2.67. The maximum atomic E-state index is 13.6. The van der Waals surface area contributed by atoms with Crippen LogP contribution in [0.15, 0.2) is 35.3 Å². The van der Waals surface area contributed by atoms with Crippen molar-refractivity contribution in [3.05, 3.63) is 68.5 Å². The van der Waals surface area contributed by atoms with E-state index in [2.05, 4.69) is 25.5 Å². The first-order valence-electron chi connectivity index (χ1n) is 13.4. The van der Waals surface area contributed by atoms with Crippen molar-refractivity contribution in [2.75, 3.05) is 29.6 Å². The molecule has 0 radical (unpaired) electrons. The van der Waals surface area contributed by atoms with Crippen molar-refractivity contribution < 1.29 is 13.2 Å². The molecule has 1 aliphatic rings. The van der Waals surface area contributed by atoms with Gasteiger partial charge < -0.3 is 10.2 Å². The van der Waals surface area contributed by atoms with Gasteiger partial charge in [-0.2, -0.15) is 0 Å². The molecule has 0 unspecified atom stereocenters. The number of hydrogen-bond acceptors (Lipinski definition) is 10. The van der Waals surface area contributed by atoms with Gasteiger partial charge >= 0.3 is 0 Å². The summed E-state index contributed by atoms with van der Waals surface area (Å²) in [5, 5.41) is 12.1. The SMILES string of the molecule is Cc1cc([C@@H](C)Nc2ccc(Cl)nc2C(=O)NS(C)(=O)=O)c2nc(N3CCC(c4cn(C)nn4)CC3)n(C)c(=O)c2c1. The second kappa shape index (κ2) is 11.3. The van der Waals surface area contributed by atoms with E-state index in [4.69, 9.17) is 16.6 Å². The number of sulfonamides is 1. The quantitative estimate of drug-likeness (QED) is 0.297. The van der Waals surface area contributed by atoms with Crippen LogP contribution in [0.3, 0.4) is 0 Å². The summed E-state index contributed by atoms with van der Waals surface area (Å²) >= 11 is 6.03. The van der Waals surface area contributed by atoms with E-state index in [0.717, 1.165) is 35.9 Å². The molecular weight excluding hydrogens is 582 g/mol. The van der Waals surface area contributed by atoms with Crippen LogP contribution in [0.5, 0.6) is 0 Å². The summed E-state index contributed by atoms with van der Waals surface area (Å²) in [6.07, 6.45) is 4.53. The average Bonchev–Trinajstić information content (AvgIpc) is 3.37. The molecule has 42 heavy (non-hydrogen) atoms. The number of pyridine rings is 1. The highest BCUT2D eigenvalue weighted by molar-refractivity contribution is 7.89. The van der Waals surface area contributed by atoms with Crippen LogP contribution in [0, 0.1) is 6.92 Å². The Morgan fingerprint density at radius 3 is 2.50 bits per heavy atom. The summed E-state index contributed by atoms with van der Waals surface area (Å²) in [5.74, 6) is -0.0521. The highest BCUT2D eigenvalue weighted by Gasteiger charge is 2.27. The first-order valence-corrected chi connectivity index (χ1v) is 15.7. The lowest BCUT2D eigenvalue weighted by molar-refractivity contribution is 0.0977. The highest BCUT2D eigenvalue weighted by atomic mass is 35.5. The lowest BCUT2D eigenvalue weighted by Gasteiger charge is -2.33. The van der Waals surface area contributed by atoms with Crippen LogP contribution in [-0.2, 0) is 24.1 Å². The predicted molar refractivity (Wildman–Crippen MR) is 161 cm³/mol. The average molecular weight is 614 g/mol. The van der Waals surface area contributed by atoms with Crippen molar-refractivity contribution in [1.82, 2.24) is 34.3 Å². The Labute approximate surface area is 248 Å². The summed E-state index contributed by atoms with van der Waals surface area (Å²) < 4.78 is 28.6. The molecule has 0 aliphatic carbocycles. The Morgan fingerprint density at radius 2 is 1.86 bits per heavy atom. The molecule has 1 aromatic carbocycles. The number of rotatable bonds is 7. The number of carbonyl (C=O) groups is 1. The summed E-state index contributed by atoms with van der Waals surface area (Å²) in [7, 11) is -0.246. The van der Waals surface area contributed by atoms with Crippen molar-refractivity contribution in [2.24, 2.45) is 14.1 Å². The van der Waals surface area contributed by atoms with Crippen LogP contribution in [0.2, 0.25) is 5.15 Å². The van der Waals surface area contributed by atoms with Gasteiger partial charge in [0, 0.05) is 44.9 Å². The molecule has 15 heteroatoms. The Morgan fingerprint density at radius 1 is 1.14 bits per heavy atom. The number of hydrogen-bond donors (Lipinski definition) is 2. The highest BCUT2D eigenvalue weighted by Crippen LogP contribution is 2.31. The van der Waals surface area contributed by atoms with E-state index in [-0.39, 0.29) is 28.0 Å². The first-order chi connectivity index (χ1) is 19.8. The maximum absolute atomic E-state index is 13.6. The smallest absolute Gasteiger partial charge is 0.285 e. The van der Waals surface area contributed by atoms with E-state index in [0.29, 0.717) is 29.9 Å². The molecule has 13 nitrogen and oxygen atoms in total. The zero-order valence-electron chi connectivity index (χ0n) is 23.9. The number of halogens is 1. The van der Waals surface area contributed by atoms with E-state index in [1.54, 1.807) is 22.4 Å². The number of aromatic nitrogens is 6. The number of amides is 1. The summed E-state index contributed by atoms with van der Waals surface area (Å²) in [4.78, 5) is 37.5. The fourth-order valence-corrected chi connectivity index (χ4v) is 5.92. The van der Waals surface area contributed by atoms with Gasteiger partial charge in [0.15, 0.2) is 5.69 Å². The molecule has 1 aliphatic heterocycles. The van der Waals surface area contributed by atoms with E-state index < -0.39 is 22.0 Å². The monoisotopic (exact) mass is 613 g/mol. The molecule has 2 N–H and O–H groups in total. The molecule has 5 rings (SSSR count). The largest absolute Gasteiger partial charge is 0.377 e. The fourth-order valence-electron chi connectivity index (χ4n) is 5.33. The lowest BCUT2D eigenvalue weighted by atomic mass is 9.94. The molecule has 0 saturated carbocycles. The first kappa shape index (κ1) is 29.5. The number of anilines is 2. The fraction of sp³-hybridized carbons (Fsp3) is 0.407. The molecule has 4 aromatic rings. The number of piperidine rings is 1. The van der Waals surface area contributed by atoms with Crippen molar-refractivity contribution in [3.8, 4) is 0 Å². The number of carbonyl (C=O) groups excluding carboxylic acids is 1. The Bertz CT molecular complexity index is 1850. The molecule has 1 fully saturated rings. The zero-order chi connectivity index (χ0) is 30.3. The van der Waals surface area contributed by atoms with Crippen LogP contribution < -0.4 is 20.5 Å². The van der Waals surface area contributed by atoms with Gasteiger partial charge in [-0.1, -0.05) is 22.9 Å². The number of nitrogens with zero attached hydrogens (tertiary/aromatic N) is 7. The number of fused-ring (bicyclic) bond motifs is 1. The molecule has 1 atom stereocenters. The van der Waals surface area contributed by atoms with Gasteiger partial charge in [0.25, 0.3) is 11.5 Å². The number of aryl methyl sites for hydroxylation is 2. The minimum atomic E-state index is -3.83. The molecule has 1 amide bonds. The third kappa shape index (κ3) is 6.09. The standard InChI is InChI=1S/C27H32ClN9O4S/c1-15-12-18(16(2)29-20-6-7-22(28)30-24(20)25(38)33-42(5,40)41)23-19(13-15)26(39)36(4)27(31-23)37-10-8-17(9-11-37)21-14-35(3)34-32-21/h6-7,12-14,16-17,29H,8-11H2,1-5H3,(H,33,38)/t16-/m1/s1. The second-order valence-corrected chi connectivity index (χ2v) is 12.8. The third-order valence-electron chi connectivity index (χ3n) is 7.34. The van der Waals surface area contributed by atoms with Gasteiger partial charge in [-0.3, -0.25) is 18.8 Å². The normalized spacial score (nSPS) is 15.1. The lowest BCUT2D eigenvalue weighted by Crippen LogP contribution is -2.37. The van der Waals surface area contributed by atoms with Crippen LogP contribution in [-0.4, -0.2) is 63.2 Å². The van der Waals surface area contributed by atoms with Crippen LogP contribution in [0.4, 0.5) is 11.6 Å². The van der Waals surface area contributed by atoms with E-state index in [1.807, 2.05) is 43.9 Å². The van der Waals surface area contributed by atoms with Gasteiger partial charge in [-0.05, 0) is 50.5 Å². The van der Waals surface area contributed by atoms with E-state index in [9.17, 15) is 18.0 Å². The molecule has 3 aromatic heterocycles. The Kier molecular flexibility index (Phi) is 7.94. The zero-order valence-corrected chi connectivity index (χ0v) is 25.5. The van der Waals surface area contributed by atoms with Crippen LogP contribution in [0.25, 0.3) is 10.9 Å². The Balaban J connectivity index is 1.49. The molecular formula is C27H32ClN9O4S. The molecule has 1 saturated heterocycles. The van der Waals surface area contributed by atoms with Gasteiger partial charge in [-0.15, -0.1) is 5.10 Å². The molecule has 4 heterocycles. The second-order valence-electron chi connectivity index (χ2n) is 10.7. The van der Waals surface area contributed by atoms with Crippen LogP contribution >= 0.6 is 11.6 Å². The van der Waals surface area contributed by atoms with Crippen LogP contribution in [0.1, 0.15) is 59.0 Å². The van der Waals surface area contributed by atoms with E-state index >= 15 is 0 Å². The van der Waals surface area contributed by atoms with Crippen molar-refractivity contribution in [3.63, 3.8) is 0 Å². The number of nitrogens with one attached hydrogen (secondary N) is 2. The number of benzene rings is 1. The van der Waals surface area contributed by atoms with Gasteiger partial charge in [0.1, 0.15) is 5.15 Å². The minimum absolute atomic E-state index is 0.0331. The van der Waals surface area contributed by atoms with Crippen molar-refractivity contribution >= 4 is 50.1 Å². The van der Waals surface area contributed by atoms with Gasteiger partial charge in [0.2, 0.25) is 16.0 Å². The van der Waals surface area contributed by atoms with Crippen molar-refractivity contribution in [1.29, 1.82) is 0 Å². The summed E-state index contributed by atoms with van der Waals surface area (Å²) in [6.45, 7) is 5.18. The third-order valence-corrected chi connectivity index (χ3v) is 8.11. The van der Waals surface area contributed by atoms with E-state index in [1.165, 1.54) is 6.07 Å². The van der Waals surface area contributed by atoms with Gasteiger partial charge in [0.05, 0.1) is 34.6 Å². The topological polar surface area (TPSA) is 157 Å². The van der Waals surface area contributed by atoms with Crippen molar-refractivity contribution in [2.45, 2.75) is 38.6 Å². The molecule has 222 valence electrons. The minimum Gasteiger partial charge on any atom is -0.377 e. The van der Waals surface area contributed by atoms with Gasteiger partial charge in [-0.25, -0.2) is 23.1 Å².